The third kappa shape index (κ3) is 2.47. The monoisotopic (exact) mass is 368 g/mol. The molecule has 0 radical (unpaired) electrons. The molecular weight excluding hydrogens is 360 g/mol. The van der Waals surface area contributed by atoms with Gasteiger partial charge in [-0.25, -0.2) is 4.98 Å². The van der Waals surface area contributed by atoms with Crippen LogP contribution in [0.2, 0.25) is 0 Å². The van der Waals surface area contributed by atoms with Crippen molar-refractivity contribution in [3.8, 4) is 10.8 Å². The van der Waals surface area contributed by atoms with Gasteiger partial charge in [-0.3, -0.25) is 10.1 Å². The van der Waals surface area contributed by atoms with Crippen LogP contribution in [0.3, 0.4) is 0 Å². The van der Waals surface area contributed by atoms with Gasteiger partial charge >= 0.3 is 0 Å². The Morgan fingerprint density at radius 2 is 2.08 bits per heavy atom. The van der Waals surface area contributed by atoms with E-state index in [0.29, 0.717) is 15.9 Å². The molecule has 5 aromatic rings. The molecule has 1 N–H and O–H groups in total. The molecule has 4 aromatic heterocycles. The highest BCUT2D eigenvalue weighted by molar-refractivity contribution is 7.21. The van der Waals surface area contributed by atoms with Crippen molar-refractivity contribution in [3.05, 3.63) is 48.5 Å². The summed E-state index contributed by atoms with van der Waals surface area (Å²) in [6.45, 7) is 0. The molecule has 4 heterocycles. The predicted molar refractivity (Wildman–Crippen MR) is 93.9 cm³/mol. The lowest BCUT2D eigenvalue weighted by atomic mass is 10.3. The van der Waals surface area contributed by atoms with Gasteiger partial charge in [0.15, 0.2) is 16.5 Å². The van der Waals surface area contributed by atoms with Crippen LogP contribution in [0.4, 0.5) is 5.13 Å². The molecule has 8 nitrogen and oxygen atoms in total. The Morgan fingerprint density at radius 1 is 1.16 bits per heavy atom. The summed E-state index contributed by atoms with van der Waals surface area (Å²) in [5.41, 5.74) is 0.907. The predicted octanol–water partition coefficient (Wildman–Crippen LogP) is 3.31. The number of carbonyl (C=O) groups is 1. The summed E-state index contributed by atoms with van der Waals surface area (Å²) in [5.74, 6) is 0.377. The van der Waals surface area contributed by atoms with Gasteiger partial charge in [0.1, 0.15) is 6.33 Å². The summed E-state index contributed by atoms with van der Waals surface area (Å²) in [7, 11) is 0. The van der Waals surface area contributed by atoms with E-state index in [9.17, 15) is 4.79 Å². The van der Waals surface area contributed by atoms with Crippen molar-refractivity contribution in [2.45, 2.75) is 0 Å². The minimum atomic E-state index is -0.377. The molecule has 0 fully saturated rings. The fourth-order valence-electron chi connectivity index (χ4n) is 2.32. The van der Waals surface area contributed by atoms with Gasteiger partial charge < -0.3 is 4.42 Å². The molecule has 0 saturated heterocycles. The number of thiazole rings is 1. The van der Waals surface area contributed by atoms with E-state index >= 15 is 0 Å². The number of anilines is 1. The summed E-state index contributed by atoms with van der Waals surface area (Å²) < 4.78 is 8.23. The molecule has 0 unspecified atom stereocenters. The summed E-state index contributed by atoms with van der Waals surface area (Å²) in [5, 5.41) is 15.6. The standard InChI is InChI=1S/C15H8N6O2S2/c22-12(18-14-20-21-7-16-19-15(21)25-14)9-5-6-10(23-9)13-17-8-3-1-2-4-11(8)24-13/h1-7H,(H,18,20,22). The average molecular weight is 368 g/mol. The van der Waals surface area contributed by atoms with Crippen LogP contribution in [0.25, 0.3) is 25.9 Å². The quantitative estimate of drug-likeness (QED) is 0.525. The topological polar surface area (TPSA) is 98.2 Å². The molecule has 0 aliphatic heterocycles. The Bertz CT molecular complexity index is 1160. The van der Waals surface area contributed by atoms with Gasteiger partial charge in [0.05, 0.1) is 10.2 Å². The number of amides is 1. The maximum atomic E-state index is 12.3. The number of nitrogens with zero attached hydrogens (tertiary/aromatic N) is 5. The largest absolute Gasteiger partial charge is 0.448 e. The van der Waals surface area contributed by atoms with Gasteiger partial charge in [-0.15, -0.1) is 26.6 Å². The average Bonchev–Trinajstić information content (AvgIpc) is 3.36. The second kappa shape index (κ2) is 5.46. The molecule has 10 heteroatoms. The number of para-hydroxylation sites is 1. The molecule has 0 spiro atoms. The highest BCUT2D eigenvalue weighted by Gasteiger charge is 2.17. The van der Waals surface area contributed by atoms with Crippen LogP contribution in [0.15, 0.2) is 47.1 Å². The highest BCUT2D eigenvalue weighted by Crippen LogP contribution is 2.31. The van der Waals surface area contributed by atoms with Crippen LogP contribution in [0.5, 0.6) is 0 Å². The minimum absolute atomic E-state index is 0.195. The Labute approximate surface area is 147 Å². The molecule has 0 aliphatic carbocycles. The summed E-state index contributed by atoms with van der Waals surface area (Å²) in [6, 6.07) is 11.2. The van der Waals surface area contributed by atoms with Crippen molar-refractivity contribution in [2.75, 3.05) is 5.32 Å². The van der Waals surface area contributed by atoms with Gasteiger partial charge in [0.2, 0.25) is 10.1 Å². The van der Waals surface area contributed by atoms with Gasteiger partial charge in [0, 0.05) is 0 Å². The minimum Gasteiger partial charge on any atom is -0.448 e. The summed E-state index contributed by atoms with van der Waals surface area (Å²) in [6.07, 6.45) is 1.47. The Balaban J connectivity index is 1.41. The number of nitrogens with one attached hydrogen (secondary N) is 1. The van der Waals surface area contributed by atoms with Crippen LogP contribution in [0, 0.1) is 0 Å². The zero-order valence-electron chi connectivity index (χ0n) is 12.4. The van der Waals surface area contributed by atoms with E-state index in [1.165, 1.54) is 33.5 Å². The number of benzene rings is 1. The van der Waals surface area contributed by atoms with Crippen molar-refractivity contribution < 1.29 is 9.21 Å². The van der Waals surface area contributed by atoms with Gasteiger partial charge in [-0.2, -0.15) is 4.52 Å². The van der Waals surface area contributed by atoms with Crippen LogP contribution < -0.4 is 5.32 Å². The van der Waals surface area contributed by atoms with Gasteiger partial charge in [-0.05, 0) is 24.3 Å². The van der Waals surface area contributed by atoms with Gasteiger partial charge in [0.25, 0.3) is 5.91 Å². The molecule has 0 atom stereocenters. The van der Waals surface area contributed by atoms with E-state index < -0.39 is 0 Å². The molecule has 0 bridgehead atoms. The molecule has 0 aliphatic rings. The van der Waals surface area contributed by atoms with E-state index in [1.54, 1.807) is 12.1 Å². The number of furan rings is 1. The Kier molecular flexibility index (Phi) is 3.11. The zero-order valence-corrected chi connectivity index (χ0v) is 14.0. The lowest BCUT2D eigenvalue weighted by Gasteiger charge is -1.96. The first kappa shape index (κ1) is 14.3. The summed E-state index contributed by atoms with van der Waals surface area (Å²) >= 11 is 2.75. The maximum absolute atomic E-state index is 12.3. The van der Waals surface area contributed by atoms with E-state index in [0.717, 1.165) is 15.2 Å². The third-order valence-electron chi connectivity index (χ3n) is 3.44. The second-order valence-corrected chi connectivity index (χ2v) is 7.06. The van der Waals surface area contributed by atoms with Crippen molar-refractivity contribution in [1.82, 2.24) is 24.8 Å². The smallest absolute Gasteiger partial charge is 0.293 e. The van der Waals surface area contributed by atoms with Crippen LogP contribution in [0.1, 0.15) is 10.6 Å². The fraction of sp³-hybridized carbons (Fsp3) is 0. The molecule has 0 saturated carbocycles. The molecule has 122 valence electrons. The number of rotatable bonds is 3. The normalized spacial score (nSPS) is 11.4. The summed E-state index contributed by atoms with van der Waals surface area (Å²) in [4.78, 5) is 17.5. The van der Waals surface area contributed by atoms with Gasteiger partial charge in [-0.1, -0.05) is 23.5 Å². The van der Waals surface area contributed by atoms with Crippen molar-refractivity contribution in [3.63, 3.8) is 0 Å². The van der Waals surface area contributed by atoms with Crippen molar-refractivity contribution in [2.24, 2.45) is 0 Å². The second-order valence-electron chi connectivity index (χ2n) is 5.07. The molecule has 1 aromatic carbocycles. The molecule has 5 rings (SSSR count). The van der Waals surface area contributed by atoms with Crippen LogP contribution in [-0.4, -0.2) is 30.7 Å². The first-order valence-corrected chi connectivity index (χ1v) is 8.83. The molecule has 1 amide bonds. The number of carbonyl (C=O) groups excluding carboxylic acids is 1. The fourth-order valence-corrected chi connectivity index (χ4v) is 3.96. The van der Waals surface area contributed by atoms with E-state index in [-0.39, 0.29) is 11.7 Å². The van der Waals surface area contributed by atoms with Crippen LogP contribution in [-0.2, 0) is 0 Å². The number of fused-ring (bicyclic) bond motifs is 2. The Hall–Kier alpha value is -3.11. The van der Waals surface area contributed by atoms with E-state index in [2.05, 4.69) is 25.6 Å². The highest BCUT2D eigenvalue weighted by atomic mass is 32.1. The number of aromatic nitrogens is 5. The lowest BCUT2D eigenvalue weighted by Crippen LogP contribution is -2.10. The molecular formula is C15H8N6O2S2. The van der Waals surface area contributed by atoms with Crippen molar-refractivity contribution in [1.29, 1.82) is 0 Å². The van der Waals surface area contributed by atoms with E-state index in [4.69, 9.17) is 4.42 Å². The Morgan fingerprint density at radius 3 is 2.96 bits per heavy atom. The number of hydrogen-bond acceptors (Lipinski definition) is 8. The first-order valence-electron chi connectivity index (χ1n) is 7.20. The van der Waals surface area contributed by atoms with Crippen molar-refractivity contribution >= 4 is 48.9 Å². The lowest BCUT2D eigenvalue weighted by molar-refractivity contribution is 0.0997. The van der Waals surface area contributed by atoms with E-state index in [1.807, 2.05) is 24.3 Å². The SMILES string of the molecule is O=C(Nc1nn2cnnc2s1)c1ccc(-c2nc3ccccc3s2)o1. The third-order valence-corrected chi connectivity index (χ3v) is 5.32. The number of hydrogen-bond donors (Lipinski definition) is 1. The zero-order chi connectivity index (χ0) is 16.8. The first-order chi connectivity index (χ1) is 12.3. The molecule has 25 heavy (non-hydrogen) atoms. The van der Waals surface area contributed by atoms with Crippen LogP contribution >= 0.6 is 22.7 Å². The maximum Gasteiger partial charge on any atom is 0.293 e.